The summed E-state index contributed by atoms with van der Waals surface area (Å²) in [4.78, 5) is 14.6. The summed E-state index contributed by atoms with van der Waals surface area (Å²) in [7, 11) is -1.70. The number of nitrogens with two attached hydrogens (primary N) is 1. The van der Waals surface area contributed by atoms with Crippen molar-refractivity contribution < 1.29 is 14.8 Å². The summed E-state index contributed by atoms with van der Waals surface area (Å²) in [6.45, 7) is 1.33. The fourth-order valence-electron chi connectivity index (χ4n) is 0.973. The number of anilines is 1. The van der Waals surface area contributed by atoms with Crippen molar-refractivity contribution >= 4 is 24.1 Å². The van der Waals surface area contributed by atoms with Crippen LogP contribution in [0.1, 0.15) is 17.3 Å². The smallest absolute Gasteiger partial charge is 0.423 e. The summed E-state index contributed by atoms with van der Waals surface area (Å²) in [5.74, 6) is -0.257. The first-order chi connectivity index (χ1) is 6.04. The molecule has 1 rings (SSSR count). The van der Waals surface area contributed by atoms with Crippen LogP contribution in [-0.2, 0) is 0 Å². The zero-order valence-electron chi connectivity index (χ0n) is 7.06. The summed E-state index contributed by atoms with van der Waals surface area (Å²) >= 11 is 0. The van der Waals surface area contributed by atoms with E-state index in [-0.39, 0.29) is 22.5 Å². The van der Waals surface area contributed by atoms with Gasteiger partial charge in [0, 0.05) is 23.5 Å². The second-order valence-electron chi connectivity index (χ2n) is 2.62. The summed E-state index contributed by atoms with van der Waals surface area (Å²) in [6, 6.07) is 0. The van der Waals surface area contributed by atoms with Crippen molar-refractivity contribution in [1.29, 1.82) is 0 Å². The predicted molar refractivity (Wildman–Crippen MR) is 48.5 cm³/mol. The van der Waals surface area contributed by atoms with Gasteiger partial charge in [-0.25, -0.2) is 0 Å². The van der Waals surface area contributed by atoms with Crippen molar-refractivity contribution in [1.82, 2.24) is 4.98 Å². The van der Waals surface area contributed by atoms with E-state index in [1.165, 1.54) is 19.3 Å². The maximum absolute atomic E-state index is 11.0. The molecule has 0 saturated carbocycles. The third kappa shape index (κ3) is 1.85. The lowest BCUT2D eigenvalue weighted by molar-refractivity contribution is 0.101. The van der Waals surface area contributed by atoms with E-state index in [0.717, 1.165) is 0 Å². The van der Waals surface area contributed by atoms with Gasteiger partial charge >= 0.3 is 7.12 Å². The van der Waals surface area contributed by atoms with Crippen molar-refractivity contribution in [3.8, 4) is 0 Å². The Balaban J connectivity index is 3.26. The molecule has 0 aliphatic carbocycles. The van der Waals surface area contributed by atoms with Gasteiger partial charge in [0.15, 0.2) is 5.78 Å². The van der Waals surface area contributed by atoms with E-state index in [0.29, 0.717) is 0 Å². The van der Waals surface area contributed by atoms with Gasteiger partial charge < -0.3 is 15.8 Å². The van der Waals surface area contributed by atoms with Crippen molar-refractivity contribution in [2.24, 2.45) is 0 Å². The maximum atomic E-state index is 11.0. The average molecular weight is 180 g/mol. The number of ketones is 1. The molecule has 0 saturated heterocycles. The summed E-state index contributed by atoms with van der Waals surface area (Å²) in [5, 5.41) is 17.7. The Kier molecular flexibility index (Phi) is 2.65. The number of hydrogen-bond acceptors (Lipinski definition) is 5. The van der Waals surface area contributed by atoms with Gasteiger partial charge in [0.05, 0.1) is 5.56 Å². The molecule has 4 N–H and O–H groups in total. The predicted octanol–water partition coefficient (Wildman–Crippen LogP) is -1.45. The van der Waals surface area contributed by atoms with Gasteiger partial charge in [-0.05, 0) is 6.92 Å². The third-order valence-corrected chi connectivity index (χ3v) is 1.68. The normalized spacial score (nSPS) is 9.77. The fourth-order valence-corrected chi connectivity index (χ4v) is 0.973. The minimum atomic E-state index is -1.70. The molecule has 6 heteroatoms. The van der Waals surface area contributed by atoms with Crippen LogP contribution in [0.2, 0.25) is 0 Å². The molecule has 0 fully saturated rings. The van der Waals surface area contributed by atoms with Gasteiger partial charge in [0.2, 0.25) is 0 Å². The lowest BCUT2D eigenvalue weighted by atomic mass is 9.79. The van der Waals surface area contributed by atoms with Gasteiger partial charge in [0.25, 0.3) is 0 Å². The average Bonchev–Trinajstić information content (AvgIpc) is 2.03. The van der Waals surface area contributed by atoms with Crippen LogP contribution in [0.25, 0.3) is 0 Å². The highest BCUT2D eigenvalue weighted by atomic mass is 16.4. The van der Waals surface area contributed by atoms with E-state index in [1.807, 2.05) is 0 Å². The Labute approximate surface area is 75.4 Å². The molecule has 0 unspecified atom stereocenters. The molecule has 1 aromatic heterocycles. The highest BCUT2D eigenvalue weighted by molar-refractivity contribution is 6.60. The Morgan fingerprint density at radius 3 is 2.62 bits per heavy atom. The number of aromatic nitrogens is 1. The van der Waals surface area contributed by atoms with Crippen molar-refractivity contribution in [3.05, 3.63) is 18.0 Å². The van der Waals surface area contributed by atoms with Crippen LogP contribution >= 0.6 is 0 Å². The fraction of sp³-hybridized carbons (Fsp3) is 0.143. The van der Waals surface area contributed by atoms with E-state index in [9.17, 15) is 4.79 Å². The Bertz CT molecular complexity index is 341. The largest absolute Gasteiger partial charge is 0.492 e. The Hall–Kier alpha value is -1.40. The zero-order chi connectivity index (χ0) is 10.0. The lowest BCUT2D eigenvalue weighted by Gasteiger charge is -2.06. The molecule has 0 radical (unpaired) electrons. The molecule has 0 atom stereocenters. The van der Waals surface area contributed by atoms with Crippen molar-refractivity contribution in [3.63, 3.8) is 0 Å². The van der Waals surface area contributed by atoms with E-state index in [1.54, 1.807) is 0 Å². The van der Waals surface area contributed by atoms with Crippen molar-refractivity contribution in [2.45, 2.75) is 6.92 Å². The number of rotatable bonds is 2. The summed E-state index contributed by atoms with van der Waals surface area (Å²) in [6.07, 6.45) is 2.51. The Morgan fingerprint density at radius 2 is 2.15 bits per heavy atom. The summed E-state index contributed by atoms with van der Waals surface area (Å²) < 4.78 is 0. The molecule has 0 aliphatic heterocycles. The minimum absolute atomic E-state index is 0.0488. The van der Waals surface area contributed by atoms with Gasteiger partial charge in [-0.3, -0.25) is 9.78 Å². The number of carbonyl (C=O) groups excluding carboxylic acids is 1. The second kappa shape index (κ2) is 3.55. The monoisotopic (exact) mass is 180 g/mol. The van der Waals surface area contributed by atoms with Gasteiger partial charge in [-0.2, -0.15) is 0 Å². The Morgan fingerprint density at radius 1 is 1.54 bits per heavy atom. The van der Waals surface area contributed by atoms with Crippen LogP contribution < -0.4 is 11.2 Å². The quantitative estimate of drug-likeness (QED) is 0.382. The number of nitrogen functional groups attached to an aromatic ring is 1. The molecule has 0 bridgehead atoms. The number of hydrogen-bond donors (Lipinski definition) is 3. The van der Waals surface area contributed by atoms with Gasteiger partial charge in [0.1, 0.15) is 0 Å². The first-order valence-electron chi connectivity index (χ1n) is 3.64. The minimum Gasteiger partial charge on any atom is -0.423 e. The van der Waals surface area contributed by atoms with Gasteiger partial charge in [-0.1, -0.05) is 0 Å². The van der Waals surface area contributed by atoms with Crippen molar-refractivity contribution in [2.75, 3.05) is 5.73 Å². The van der Waals surface area contributed by atoms with Crippen LogP contribution in [-0.4, -0.2) is 27.9 Å². The highest BCUT2D eigenvalue weighted by Crippen LogP contribution is 2.07. The van der Waals surface area contributed by atoms with Crippen LogP contribution in [0.15, 0.2) is 12.4 Å². The van der Waals surface area contributed by atoms with Crippen LogP contribution in [0.3, 0.4) is 0 Å². The van der Waals surface area contributed by atoms with E-state index >= 15 is 0 Å². The molecule has 1 aromatic rings. The van der Waals surface area contributed by atoms with Crippen LogP contribution in [0.4, 0.5) is 5.69 Å². The standard InChI is InChI=1S/C7H9BN2O3/c1-4(11)5-2-10-3-6(7(5)9)8(12)13/h2-3,12-13H,1H3,(H2,9,10). The second-order valence-corrected chi connectivity index (χ2v) is 2.62. The molecular weight excluding hydrogens is 171 g/mol. The van der Waals surface area contributed by atoms with Gasteiger partial charge in [-0.15, -0.1) is 0 Å². The molecule has 1 heterocycles. The lowest BCUT2D eigenvalue weighted by Crippen LogP contribution is -2.33. The molecule has 13 heavy (non-hydrogen) atoms. The maximum Gasteiger partial charge on any atom is 0.492 e. The molecule has 5 nitrogen and oxygen atoms in total. The van der Waals surface area contributed by atoms with E-state index in [2.05, 4.69) is 4.98 Å². The van der Waals surface area contributed by atoms with Crippen LogP contribution in [0, 0.1) is 0 Å². The highest BCUT2D eigenvalue weighted by Gasteiger charge is 2.18. The first-order valence-corrected chi connectivity index (χ1v) is 3.64. The molecule has 0 amide bonds. The number of nitrogens with zero attached hydrogens (tertiary/aromatic N) is 1. The number of carbonyl (C=O) groups is 1. The summed E-state index contributed by atoms with van der Waals surface area (Å²) in [5.41, 5.74) is 5.82. The van der Waals surface area contributed by atoms with E-state index in [4.69, 9.17) is 15.8 Å². The topological polar surface area (TPSA) is 96.4 Å². The third-order valence-electron chi connectivity index (χ3n) is 1.68. The molecule has 0 aromatic carbocycles. The molecule has 0 aliphatic rings. The first kappa shape index (κ1) is 9.69. The molecule has 0 spiro atoms. The van der Waals surface area contributed by atoms with Crippen LogP contribution in [0.5, 0.6) is 0 Å². The zero-order valence-corrected chi connectivity index (χ0v) is 7.06. The number of Topliss-reactive ketones (excluding diaryl/α,β-unsaturated/α-hetero) is 1. The molecule has 68 valence electrons. The molecular formula is C7H9BN2O3. The van der Waals surface area contributed by atoms with E-state index < -0.39 is 7.12 Å². The number of pyridine rings is 1. The SMILES string of the molecule is CC(=O)c1cncc(B(O)O)c1N.